The Balaban J connectivity index is 0.987. The van der Waals surface area contributed by atoms with Crippen LogP contribution >= 0.6 is 0 Å². The standard InChI is InChI=1S/C33H38F3N5O4/c34-33(35,36)23-8-4-9-24(20-23)38-16-18-40(19-17-38)32(45)28-11-5-15-39(28)14-2-1-6-22-7-3-10-25-26(22)21-41(31(25)44)27-12-13-29(42)37-30(27)43/h3-4,7-10,20,27-28H,1-2,5-6,11-19,21H2,(H,37,42,43)/t27?,28-/m1/s1. The predicted molar refractivity (Wildman–Crippen MR) is 160 cm³/mol. The summed E-state index contributed by atoms with van der Waals surface area (Å²) in [5, 5.41) is 2.34. The van der Waals surface area contributed by atoms with Crippen molar-refractivity contribution in [3.05, 3.63) is 64.7 Å². The molecule has 0 saturated carbocycles. The number of alkyl halides is 3. The van der Waals surface area contributed by atoms with Crippen molar-refractivity contribution >= 4 is 29.3 Å². The van der Waals surface area contributed by atoms with Gasteiger partial charge in [-0.05, 0) is 87.0 Å². The number of hydrogen-bond donors (Lipinski definition) is 1. The van der Waals surface area contributed by atoms with Gasteiger partial charge in [-0.2, -0.15) is 13.2 Å². The Morgan fingerprint density at radius 2 is 1.71 bits per heavy atom. The molecule has 0 aliphatic carbocycles. The molecule has 0 bridgehead atoms. The molecule has 0 spiro atoms. The summed E-state index contributed by atoms with van der Waals surface area (Å²) in [4.78, 5) is 58.2. The summed E-state index contributed by atoms with van der Waals surface area (Å²) >= 11 is 0. The van der Waals surface area contributed by atoms with Gasteiger partial charge in [-0.25, -0.2) is 0 Å². The summed E-state index contributed by atoms with van der Waals surface area (Å²) in [6.07, 6.45) is 0.475. The highest BCUT2D eigenvalue weighted by molar-refractivity contribution is 6.05. The van der Waals surface area contributed by atoms with Gasteiger partial charge in [-0.3, -0.25) is 29.4 Å². The first-order valence-corrected chi connectivity index (χ1v) is 15.8. The van der Waals surface area contributed by atoms with Crippen LogP contribution in [0.3, 0.4) is 0 Å². The largest absolute Gasteiger partial charge is 0.416 e. The summed E-state index contributed by atoms with van der Waals surface area (Å²) in [5.74, 6) is -0.791. The van der Waals surface area contributed by atoms with E-state index in [-0.39, 0.29) is 30.2 Å². The van der Waals surface area contributed by atoms with Crippen molar-refractivity contribution in [1.29, 1.82) is 0 Å². The van der Waals surface area contributed by atoms with Gasteiger partial charge < -0.3 is 14.7 Å². The number of unbranched alkanes of at least 4 members (excludes halogenated alkanes) is 1. The van der Waals surface area contributed by atoms with Crippen LogP contribution < -0.4 is 10.2 Å². The van der Waals surface area contributed by atoms with Crippen LogP contribution in [0.4, 0.5) is 18.9 Å². The van der Waals surface area contributed by atoms with Crippen molar-refractivity contribution < 1.29 is 32.3 Å². The highest BCUT2D eigenvalue weighted by Crippen LogP contribution is 2.33. The minimum absolute atomic E-state index is 0.101. The molecule has 12 heteroatoms. The molecular weight excluding hydrogens is 587 g/mol. The van der Waals surface area contributed by atoms with Crippen molar-refractivity contribution in [3.8, 4) is 0 Å². The molecule has 4 amide bonds. The van der Waals surface area contributed by atoms with Crippen LogP contribution in [0.1, 0.15) is 65.6 Å². The number of halogens is 3. The Kier molecular flexibility index (Phi) is 8.85. The quantitative estimate of drug-likeness (QED) is 0.356. The zero-order valence-corrected chi connectivity index (χ0v) is 25.2. The Hall–Kier alpha value is -3.93. The number of rotatable bonds is 8. The van der Waals surface area contributed by atoms with Crippen LogP contribution in [-0.4, -0.2) is 89.7 Å². The van der Waals surface area contributed by atoms with Gasteiger partial charge in [0, 0.05) is 50.4 Å². The van der Waals surface area contributed by atoms with Crippen LogP contribution in [0, 0.1) is 0 Å². The first-order valence-electron chi connectivity index (χ1n) is 15.8. The van der Waals surface area contributed by atoms with E-state index in [4.69, 9.17) is 0 Å². The van der Waals surface area contributed by atoms with Crippen LogP contribution in [-0.2, 0) is 33.5 Å². The molecular formula is C33H38F3N5O4. The summed E-state index contributed by atoms with van der Waals surface area (Å²) in [6.45, 7) is 3.95. The van der Waals surface area contributed by atoms with Gasteiger partial charge in [0.05, 0.1) is 11.6 Å². The molecule has 6 rings (SSSR count). The molecule has 240 valence electrons. The highest BCUT2D eigenvalue weighted by atomic mass is 19.4. The number of anilines is 1. The lowest BCUT2D eigenvalue weighted by molar-refractivity contribution is -0.138. The zero-order valence-electron chi connectivity index (χ0n) is 25.2. The summed E-state index contributed by atoms with van der Waals surface area (Å²) in [7, 11) is 0. The lowest BCUT2D eigenvalue weighted by atomic mass is 9.98. The highest BCUT2D eigenvalue weighted by Gasteiger charge is 2.40. The van der Waals surface area contributed by atoms with E-state index in [9.17, 15) is 32.3 Å². The van der Waals surface area contributed by atoms with Gasteiger partial charge in [-0.1, -0.05) is 18.2 Å². The molecule has 45 heavy (non-hydrogen) atoms. The summed E-state index contributed by atoms with van der Waals surface area (Å²) < 4.78 is 39.5. The Labute approximate surface area is 260 Å². The molecule has 3 saturated heterocycles. The van der Waals surface area contributed by atoms with Gasteiger partial charge in [0.1, 0.15) is 6.04 Å². The monoisotopic (exact) mass is 625 g/mol. The lowest BCUT2D eigenvalue weighted by Crippen LogP contribution is -2.53. The fraction of sp³-hybridized carbons (Fsp3) is 0.515. The van der Waals surface area contributed by atoms with E-state index < -0.39 is 23.7 Å². The molecule has 0 radical (unpaired) electrons. The van der Waals surface area contributed by atoms with Gasteiger partial charge in [0.2, 0.25) is 17.7 Å². The van der Waals surface area contributed by atoms with E-state index in [0.29, 0.717) is 50.4 Å². The van der Waals surface area contributed by atoms with Crippen LogP contribution in [0.25, 0.3) is 0 Å². The van der Waals surface area contributed by atoms with Crippen molar-refractivity contribution in [3.63, 3.8) is 0 Å². The fourth-order valence-corrected chi connectivity index (χ4v) is 7.16. The third-order valence-corrected chi connectivity index (χ3v) is 9.60. The van der Waals surface area contributed by atoms with E-state index >= 15 is 0 Å². The average molecular weight is 626 g/mol. The van der Waals surface area contributed by atoms with E-state index in [1.54, 1.807) is 17.0 Å². The molecule has 2 aromatic carbocycles. The number of hydrogen-bond acceptors (Lipinski definition) is 6. The average Bonchev–Trinajstić information content (AvgIpc) is 3.63. The molecule has 4 aliphatic rings. The number of likely N-dealkylation sites (tertiary alicyclic amines) is 1. The smallest absolute Gasteiger partial charge is 0.368 e. The van der Waals surface area contributed by atoms with Gasteiger partial charge >= 0.3 is 6.18 Å². The van der Waals surface area contributed by atoms with Gasteiger partial charge in [-0.15, -0.1) is 0 Å². The van der Waals surface area contributed by atoms with E-state index in [2.05, 4.69) is 10.2 Å². The van der Waals surface area contributed by atoms with Crippen LogP contribution in [0.2, 0.25) is 0 Å². The molecule has 1 unspecified atom stereocenters. The van der Waals surface area contributed by atoms with E-state index in [1.165, 1.54) is 12.1 Å². The number of amides is 4. The molecule has 1 N–H and O–H groups in total. The molecule has 2 atom stereocenters. The van der Waals surface area contributed by atoms with Crippen molar-refractivity contribution in [2.24, 2.45) is 0 Å². The molecule has 9 nitrogen and oxygen atoms in total. The summed E-state index contributed by atoms with van der Waals surface area (Å²) in [5.41, 5.74) is 2.51. The maximum absolute atomic E-state index is 13.5. The van der Waals surface area contributed by atoms with Gasteiger partial charge in [0.25, 0.3) is 5.91 Å². The molecule has 2 aromatic rings. The van der Waals surface area contributed by atoms with E-state index in [1.807, 2.05) is 21.9 Å². The number of piperidine rings is 1. The zero-order chi connectivity index (χ0) is 31.7. The maximum atomic E-state index is 13.5. The number of carbonyl (C=O) groups excluding carboxylic acids is 4. The first kappa shape index (κ1) is 31.1. The Morgan fingerprint density at radius 1 is 0.933 bits per heavy atom. The minimum Gasteiger partial charge on any atom is -0.368 e. The van der Waals surface area contributed by atoms with E-state index in [0.717, 1.165) is 62.4 Å². The minimum atomic E-state index is -4.39. The number of fused-ring (bicyclic) bond motifs is 1. The number of piperazine rings is 1. The SMILES string of the molecule is O=C1CCC(N2Cc3c(CCCCN4CCC[C@@H]4C(=O)N4CCN(c5cccc(C(F)(F)F)c5)CC4)cccc3C2=O)C(=O)N1. The number of imide groups is 1. The number of benzene rings is 2. The number of nitrogens with one attached hydrogen (secondary N) is 1. The second-order valence-electron chi connectivity index (χ2n) is 12.4. The third-order valence-electron chi connectivity index (χ3n) is 9.60. The van der Waals surface area contributed by atoms with Crippen LogP contribution in [0.5, 0.6) is 0 Å². The number of carbonyl (C=O) groups is 4. The third kappa shape index (κ3) is 6.56. The number of aryl methyl sites for hydroxylation is 1. The van der Waals surface area contributed by atoms with Gasteiger partial charge in [0.15, 0.2) is 0 Å². The van der Waals surface area contributed by atoms with Crippen molar-refractivity contribution in [2.45, 2.75) is 69.8 Å². The van der Waals surface area contributed by atoms with Crippen molar-refractivity contribution in [1.82, 2.24) is 20.0 Å². The topological polar surface area (TPSA) is 93.3 Å². The number of nitrogens with zero attached hydrogens (tertiary/aromatic N) is 4. The molecule has 4 aliphatic heterocycles. The second kappa shape index (κ2) is 12.8. The summed E-state index contributed by atoms with van der Waals surface area (Å²) in [6, 6.07) is 10.2. The maximum Gasteiger partial charge on any atom is 0.416 e. The lowest BCUT2D eigenvalue weighted by Gasteiger charge is -2.38. The molecule has 3 fully saturated rings. The molecule has 4 heterocycles. The van der Waals surface area contributed by atoms with Crippen molar-refractivity contribution in [2.75, 3.05) is 44.2 Å². The normalized spacial score (nSPS) is 22.6. The molecule has 0 aromatic heterocycles. The van der Waals surface area contributed by atoms with Crippen LogP contribution in [0.15, 0.2) is 42.5 Å². The fourth-order valence-electron chi connectivity index (χ4n) is 7.16. The predicted octanol–water partition coefficient (Wildman–Crippen LogP) is 3.60. The second-order valence-corrected chi connectivity index (χ2v) is 12.4. The first-order chi connectivity index (χ1) is 21.6. The Bertz CT molecular complexity index is 1470. The Morgan fingerprint density at radius 3 is 2.47 bits per heavy atom.